The summed E-state index contributed by atoms with van der Waals surface area (Å²) < 4.78 is 5.45. The van der Waals surface area contributed by atoms with Gasteiger partial charge in [-0.25, -0.2) is 4.79 Å². The van der Waals surface area contributed by atoms with E-state index >= 15 is 0 Å². The quantitative estimate of drug-likeness (QED) is 0.790. The predicted molar refractivity (Wildman–Crippen MR) is 66.4 cm³/mol. The van der Waals surface area contributed by atoms with Gasteiger partial charge in [-0.05, 0) is 20.3 Å². The van der Waals surface area contributed by atoms with Gasteiger partial charge in [0.1, 0.15) is 0 Å². The fourth-order valence-corrected chi connectivity index (χ4v) is 1.95. The van der Waals surface area contributed by atoms with Crippen molar-refractivity contribution in [3.8, 4) is 0 Å². The number of ether oxygens (including phenoxy) is 1. The van der Waals surface area contributed by atoms with Crippen LogP contribution in [0.25, 0.3) is 0 Å². The van der Waals surface area contributed by atoms with E-state index in [1.807, 2.05) is 20.8 Å². The molecule has 18 heavy (non-hydrogen) atoms. The number of aliphatic carboxylic acids is 1. The number of morpholine rings is 1. The molecule has 0 saturated carbocycles. The number of carbonyl (C=O) groups is 2. The molecule has 3 atom stereocenters. The molecule has 0 spiro atoms. The van der Waals surface area contributed by atoms with Gasteiger partial charge >= 0.3 is 12.0 Å². The van der Waals surface area contributed by atoms with Gasteiger partial charge in [0, 0.05) is 12.6 Å². The number of amides is 2. The van der Waals surface area contributed by atoms with E-state index in [4.69, 9.17) is 9.84 Å². The van der Waals surface area contributed by atoms with Crippen molar-refractivity contribution in [2.75, 3.05) is 13.2 Å². The third-order valence-corrected chi connectivity index (χ3v) is 3.11. The molecule has 3 unspecified atom stereocenters. The second-order valence-corrected chi connectivity index (χ2v) is 4.80. The minimum Gasteiger partial charge on any atom is -0.481 e. The maximum atomic E-state index is 12.1. The molecule has 1 aliphatic rings. The molecule has 0 aromatic heterocycles. The lowest BCUT2D eigenvalue weighted by molar-refractivity contribution is -0.137. The summed E-state index contributed by atoms with van der Waals surface area (Å²) in [6, 6.07) is -0.505. The van der Waals surface area contributed by atoms with Crippen molar-refractivity contribution in [2.24, 2.45) is 0 Å². The molecule has 1 heterocycles. The van der Waals surface area contributed by atoms with Gasteiger partial charge < -0.3 is 20.1 Å². The summed E-state index contributed by atoms with van der Waals surface area (Å²) in [6.07, 6.45) is 0.578. The number of urea groups is 1. The molecular formula is C12H22N2O4. The summed E-state index contributed by atoms with van der Waals surface area (Å²) in [5, 5.41) is 11.5. The second-order valence-electron chi connectivity index (χ2n) is 4.80. The zero-order valence-corrected chi connectivity index (χ0v) is 11.2. The minimum absolute atomic E-state index is 0.0172. The average Bonchev–Trinajstić information content (AvgIpc) is 2.30. The molecule has 6 nitrogen and oxygen atoms in total. The largest absolute Gasteiger partial charge is 0.481 e. The molecule has 0 aromatic rings. The van der Waals surface area contributed by atoms with Crippen molar-refractivity contribution < 1.29 is 19.4 Å². The summed E-state index contributed by atoms with van der Waals surface area (Å²) in [4.78, 5) is 24.4. The molecule has 1 rings (SSSR count). The highest BCUT2D eigenvalue weighted by Crippen LogP contribution is 2.12. The standard InChI is InChI=1S/C12H22N2O4/c1-4-10(5-11(15)16)13-12(17)14-6-9(3)18-7-8(14)2/h8-10H,4-7H2,1-3H3,(H,13,17)(H,15,16). The molecule has 0 radical (unpaired) electrons. The van der Waals surface area contributed by atoms with Crippen LogP contribution in [0.2, 0.25) is 0 Å². The van der Waals surface area contributed by atoms with Crippen LogP contribution in [0.1, 0.15) is 33.6 Å². The summed E-state index contributed by atoms with van der Waals surface area (Å²) >= 11 is 0. The Bertz CT molecular complexity index is 308. The molecule has 1 aliphatic heterocycles. The van der Waals surface area contributed by atoms with Crippen LogP contribution >= 0.6 is 0 Å². The van der Waals surface area contributed by atoms with Gasteiger partial charge in [-0.3, -0.25) is 4.79 Å². The zero-order chi connectivity index (χ0) is 13.7. The molecule has 1 saturated heterocycles. The van der Waals surface area contributed by atoms with Gasteiger partial charge in [0.2, 0.25) is 0 Å². The number of nitrogens with one attached hydrogen (secondary N) is 1. The lowest BCUT2D eigenvalue weighted by Gasteiger charge is -2.37. The van der Waals surface area contributed by atoms with Gasteiger partial charge in [0.15, 0.2) is 0 Å². The van der Waals surface area contributed by atoms with Crippen LogP contribution in [-0.4, -0.2) is 53.3 Å². The molecule has 2 amide bonds. The first-order valence-corrected chi connectivity index (χ1v) is 6.34. The average molecular weight is 258 g/mol. The molecular weight excluding hydrogens is 236 g/mol. The Labute approximate surface area is 107 Å². The monoisotopic (exact) mass is 258 g/mol. The summed E-state index contributed by atoms with van der Waals surface area (Å²) in [7, 11) is 0. The highest BCUT2D eigenvalue weighted by atomic mass is 16.5. The number of carboxylic acids is 1. The highest BCUT2D eigenvalue weighted by molar-refractivity contribution is 5.76. The van der Waals surface area contributed by atoms with E-state index in [1.165, 1.54) is 0 Å². The van der Waals surface area contributed by atoms with Crippen molar-refractivity contribution in [3.63, 3.8) is 0 Å². The number of rotatable bonds is 4. The Morgan fingerprint density at radius 3 is 2.72 bits per heavy atom. The smallest absolute Gasteiger partial charge is 0.318 e. The lowest BCUT2D eigenvalue weighted by Crippen LogP contribution is -2.55. The van der Waals surface area contributed by atoms with Gasteiger partial charge in [-0.15, -0.1) is 0 Å². The summed E-state index contributed by atoms with van der Waals surface area (Å²) in [5.41, 5.74) is 0. The van der Waals surface area contributed by atoms with Gasteiger partial charge in [0.05, 0.1) is 25.2 Å². The Hall–Kier alpha value is -1.30. The Balaban J connectivity index is 2.54. The van der Waals surface area contributed by atoms with E-state index in [2.05, 4.69) is 5.32 Å². The molecule has 0 aliphatic carbocycles. The van der Waals surface area contributed by atoms with Gasteiger partial charge in [-0.2, -0.15) is 0 Å². The van der Waals surface area contributed by atoms with E-state index in [-0.39, 0.29) is 30.6 Å². The van der Waals surface area contributed by atoms with Crippen LogP contribution in [0.5, 0.6) is 0 Å². The first kappa shape index (κ1) is 14.8. The maximum Gasteiger partial charge on any atom is 0.318 e. The van der Waals surface area contributed by atoms with Crippen molar-refractivity contribution in [3.05, 3.63) is 0 Å². The minimum atomic E-state index is -0.898. The van der Waals surface area contributed by atoms with E-state index in [9.17, 15) is 9.59 Å². The SMILES string of the molecule is CCC(CC(=O)O)NC(=O)N1CC(C)OCC1C. The number of carboxylic acid groups (broad SMARTS) is 1. The third-order valence-electron chi connectivity index (χ3n) is 3.11. The molecule has 1 fully saturated rings. The van der Waals surface area contributed by atoms with Crippen molar-refractivity contribution in [1.82, 2.24) is 10.2 Å². The number of hydrogen-bond donors (Lipinski definition) is 2. The molecule has 6 heteroatoms. The third kappa shape index (κ3) is 4.18. The topological polar surface area (TPSA) is 78.9 Å². The molecule has 0 bridgehead atoms. The number of nitrogens with zero attached hydrogens (tertiary/aromatic N) is 1. The van der Waals surface area contributed by atoms with Crippen LogP contribution in [0.15, 0.2) is 0 Å². The summed E-state index contributed by atoms with van der Waals surface area (Å²) in [6.45, 7) is 6.75. The van der Waals surface area contributed by atoms with Crippen LogP contribution < -0.4 is 5.32 Å². The van der Waals surface area contributed by atoms with Crippen LogP contribution in [-0.2, 0) is 9.53 Å². The van der Waals surface area contributed by atoms with Crippen molar-refractivity contribution in [1.29, 1.82) is 0 Å². The Morgan fingerprint density at radius 1 is 1.50 bits per heavy atom. The zero-order valence-electron chi connectivity index (χ0n) is 11.2. The Morgan fingerprint density at radius 2 is 2.17 bits per heavy atom. The molecule has 104 valence electrons. The second kappa shape index (κ2) is 6.58. The van der Waals surface area contributed by atoms with Gasteiger partial charge in [-0.1, -0.05) is 6.92 Å². The van der Waals surface area contributed by atoms with E-state index in [0.717, 1.165) is 0 Å². The van der Waals surface area contributed by atoms with E-state index < -0.39 is 5.97 Å². The van der Waals surface area contributed by atoms with E-state index in [1.54, 1.807) is 4.90 Å². The Kier molecular flexibility index (Phi) is 5.40. The normalized spacial score (nSPS) is 25.6. The number of hydrogen-bond acceptors (Lipinski definition) is 3. The highest BCUT2D eigenvalue weighted by Gasteiger charge is 2.28. The molecule has 2 N–H and O–H groups in total. The maximum absolute atomic E-state index is 12.1. The number of carbonyl (C=O) groups excluding carboxylic acids is 1. The molecule has 0 aromatic carbocycles. The van der Waals surface area contributed by atoms with E-state index in [0.29, 0.717) is 19.6 Å². The van der Waals surface area contributed by atoms with Crippen molar-refractivity contribution in [2.45, 2.75) is 51.8 Å². The summed E-state index contributed by atoms with van der Waals surface area (Å²) in [5.74, 6) is -0.898. The van der Waals surface area contributed by atoms with Crippen LogP contribution in [0.3, 0.4) is 0 Å². The van der Waals surface area contributed by atoms with Crippen molar-refractivity contribution >= 4 is 12.0 Å². The van der Waals surface area contributed by atoms with Crippen LogP contribution in [0, 0.1) is 0 Å². The first-order chi connectivity index (χ1) is 8.43. The fourth-order valence-electron chi connectivity index (χ4n) is 1.95. The lowest BCUT2D eigenvalue weighted by atomic mass is 10.1. The predicted octanol–water partition coefficient (Wildman–Crippen LogP) is 1.06. The van der Waals surface area contributed by atoms with Crippen LogP contribution in [0.4, 0.5) is 4.79 Å². The van der Waals surface area contributed by atoms with Gasteiger partial charge in [0.25, 0.3) is 0 Å². The fraction of sp³-hybridized carbons (Fsp3) is 0.833. The first-order valence-electron chi connectivity index (χ1n) is 6.34.